The number of Topliss-reactive ketones (excluding diaryl/α,β-unsaturated/α-hetero) is 1. The first-order chi connectivity index (χ1) is 8.18. The molecule has 1 rings (SSSR count). The molecule has 0 aromatic heterocycles. The minimum absolute atomic E-state index is 0.0240. The topological polar surface area (TPSA) is 63.6 Å². The van der Waals surface area contributed by atoms with E-state index in [0.717, 1.165) is 5.75 Å². The molecule has 4 heteroatoms. The number of hydrogen-bond acceptors (Lipinski definition) is 3. The predicted molar refractivity (Wildman–Crippen MR) is 63.0 cm³/mol. The van der Waals surface area contributed by atoms with E-state index in [0.29, 0.717) is 19.4 Å². The number of carbonyl (C=O) groups excluding carboxylic acids is 1. The second-order valence-corrected chi connectivity index (χ2v) is 3.70. The Balaban J connectivity index is 2.08. The lowest BCUT2D eigenvalue weighted by Crippen LogP contribution is -2.05. The molecule has 0 aliphatic rings. The minimum Gasteiger partial charge on any atom is -0.494 e. The highest BCUT2D eigenvalue weighted by Crippen LogP contribution is 2.09. The number of carboxylic acid groups (broad SMARTS) is 1. The lowest BCUT2D eigenvalue weighted by molar-refractivity contribution is -0.138. The van der Waals surface area contributed by atoms with Crippen LogP contribution in [0.4, 0.5) is 0 Å². The van der Waals surface area contributed by atoms with E-state index in [2.05, 4.69) is 0 Å². The summed E-state index contributed by atoms with van der Waals surface area (Å²) in [6, 6.07) is 9.38. The molecule has 0 saturated carbocycles. The zero-order valence-electron chi connectivity index (χ0n) is 9.59. The Hall–Kier alpha value is -1.84. The highest BCUT2D eigenvalue weighted by atomic mass is 16.5. The third kappa shape index (κ3) is 6.35. The molecule has 0 saturated heterocycles. The number of hydrogen-bond donors (Lipinski definition) is 1. The van der Waals surface area contributed by atoms with Crippen LogP contribution >= 0.6 is 0 Å². The van der Waals surface area contributed by atoms with Gasteiger partial charge in [0.25, 0.3) is 0 Å². The largest absolute Gasteiger partial charge is 0.494 e. The molecule has 0 fully saturated rings. The molecule has 0 unspecified atom stereocenters. The molecule has 92 valence electrons. The van der Waals surface area contributed by atoms with Crippen LogP contribution in [0.15, 0.2) is 30.3 Å². The van der Waals surface area contributed by atoms with Gasteiger partial charge in [0.1, 0.15) is 11.5 Å². The van der Waals surface area contributed by atoms with E-state index in [9.17, 15) is 9.59 Å². The lowest BCUT2D eigenvalue weighted by Gasteiger charge is -2.04. The van der Waals surface area contributed by atoms with Crippen LogP contribution in [-0.4, -0.2) is 23.5 Å². The molecule has 4 nitrogen and oxygen atoms in total. The van der Waals surface area contributed by atoms with Crippen LogP contribution in [0.1, 0.15) is 25.7 Å². The SMILES string of the molecule is O=C(O)CCC(=O)CCCOc1ccccc1. The van der Waals surface area contributed by atoms with Crippen molar-refractivity contribution in [1.82, 2.24) is 0 Å². The van der Waals surface area contributed by atoms with Gasteiger partial charge in [-0.2, -0.15) is 0 Å². The van der Waals surface area contributed by atoms with Gasteiger partial charge in [-0.3, -0.25) is 9.59 Å². The number of ether oxygens (including phenoxy) is 1. The summed E-state index contributed by atoms with van der Waals surface area (Å²) in [5.74, 6) is -0.173. The van der Waals surface area contributed by atoms with Crippen molar-refractivity contribution >= 4 is 11.8 Å². The fourth-order valence-corrected chi connectivity index (χ4v) is 1.35. The van der Waals surface area contributed by atoms with Gasteiger partial charge in [-0.1, -0.05) is 18.2 Å². The van der Waals surface area contributed by atoms with E-state index in [1.165, 1.54) is 0 Å². The number of benzene rings is 1. The summed E-state index contributed by atoms with van der Waals surface area (Å²) >= 11 is 0. The maximum Gasteiger partial charge on any atom is 0.303 e. The van der Waals surface area contributed by atoms with Crippen molar-refractivity contribution in [2.75, 3.05) is 6.61 Å². The Morgan fingerprint density at radius 2 is 1.76 bits per heavy atom. The lowest BCUT2D eigenvalue weighted by atomic mass is 10.1. The van der Waals surface area contributed by atoms with Gasteiger partial charge in [0, 0.05) is 12.8 Å². The molecular formula is C13H16O4. The summed E-state index contributed by atoms with van der Waals surface area (Å²) < 4.78 is 5.41. The fourth-order valence-electron chi connectivity index (χ4n) is 1.35. The molecule has 0 aliphatic heterocycles. The Kier molecular flexibility index (Phi) is 5.79. The summed E-state index contributed by atoms with van der Waals surface area (Å²) in [6.07, 6.45) is 1.02. The van der Waals surface area contributed by atoms with E-state index >= 15 is 0 Å². The molecule has 1 aromatic carbocycles. The first-order valence-corrected chi connectivity index (χ1v) is 5.60. The summed E-state index contributed by atoms with van der Waals surface area (Å²) in [4.78, 5) is 21.5. The van der Waals surface area contributed by atoms with Gasteiger partial charge in [-0.05, 0) is 18.6 Å². The van der Waals surface area contributed by atoms with Crippen LogP contribution in [-0.2, 0) is 9.59 Å². The van der Waals surface area contributed by atoms with E-state index in [1.54, 1.807) is 0 Å². The van der Waals surface area contributed by atoms with Gasteiger partial charge in [-0.25, -0.2) is 0 Å². The first kappa shape index (κ1) is 13.2. The predicted octanol–water partition coefficient (Wildman–Crippen LogP) is 2.28. The smallest absolute Gasteiger partial charge is 0.303 e. The summed E-state index contributed by atoms with van der Waals surface area (Å²) in [5.41, 5.74) is 0. The van der Waals surface area contributed by atoms with Crippen LogP contribution in [0.25, 0.3) is 0 Å². The van der Waals surface area contributed by atoms with E-state index < -0.39 is 5.97 Å². The zero-order chi connectivity index (χ0) is 12.5. The van der Waals surface area contributed by atoms with Gasteiger partial charge in [0.15, 0.2) is 0 Å². The van der Waals surface area contributed by atoms with Crippen LogP contribution in [0.3, 0.4) is 0 Å². The summed E-state index contributed by atoms with van der Waals surface area (Å²) in [7, 11) is 0. The fraction of sp³-hybridized carbons (Fsp3) is 0.385. The van der Waals surface area contributed by atoms with Gasteiger partial charge in [-0.15, -0.1) is 0 Å². The van der Waals surface area contributed by atoms with Crippen molar-refractivity contribution in [2.24, 2.45) is 0 Å². The average molecular weight is 236 g/mol. The molecule has 0 spiro atoms. The standard InChI is InChI=1S/C13H16O4/c14-11(8-9-13(15)16)5-4-10-17-12-6-2-1-3-7-12/h1-3,6-7H,4-5,8-10H2,(H,15,16). The third-order valence-electron chi connectivity index (χ3n) is 2.23. The van der Waals surface area contributed by atoms with Crippen molar-refractivity contribution in [2.45, 2.75) is 25.7 Å². The maximum atomic E-state index is 11.2. The van der Waals surface area contributed by atoms with Gasteiger partial charge >= 0.3 is 5.97 Å². The number of carboxylic acids is 1. The summed E-state index contributed by atoms with van der Waals surface area (Å²) in [6.45, 7) is 0.475. The number of aliphatic carboxylic acids is 1. The Bertz CT molecular complexity index is 359. The Labute approximate surface area is 100 Å². The second-order valence-electron chi connectivity index (χ2n) is 3.70. The maximum absolute atomic E-state index is 11.2. The molecule has 0 radical (unpaired) electrons. The van der Waals surface area contributed by atoms with Crippen molar-refractivity contribution in [3.05, 3.63) is 30.3 Å². The van der Waals surface area contributed by atoms with Crippen molar-refractivity contribution in [3.63, 3.8) is 0 Å². The highest BCUT2D eigenvalue weighted by Gasteiger charge is 2.05. The Morgan fingerprint density at radius 1 is 1.06 bits per heavy atom. The molecule has 17 heavy (non-hydrogen) atoms. The van der Waals surface area contributed by atoms with Crippen LogP contribution in [0.2, 0.25) is 0 Å². The number of rotatable bonds is 8. The van der Waals surface area contributed by atoms with Crippen molar-refractivity contribution in [3.8, 4) is 5.75 Å². The molecule has 0 bridgehead atoms. The highest BCUT2D eigenvalue weighted by molar-refractivity contribution is 5.82. The minimum atomic E-state index is -0.932. The number of para-hydroxylation sites is 1. The Morgan fingerprint density at radius 3 is 2.41 bits per heavy atom. The molecule has 0 aliphatic carbocycles. The normalized spacial score (nSPS) is 9.88. The first-order valence-electron chi connectivity index (χ1n) is 5.60. The number of carbonyl (C=O) groups is 2. The molecule has 0 heterocycles. The molecule has 0 atom stereocenters. The molecule has 0 amide bonds. The quantitative estimate of drug-likeness (QED) is 0.703. The van der Waals surface area contributed by atoms with Crippen LogP contribution < -0.4 is 4.74 Å². The zero-order valence-corrected chi connectivity index (χ0v) is 9.59. The van der Waals surface area contributed by atoms with Gasteiger partial charge in [0.05, 0.1) is 13.0 Å². The molecule has 1 N–H and O–H groups in total. The monoisotopic (exact) mass is 236 g/mol. The van der Waals surface area contributed by atoms with Crippen molar-refractivity contribution < 1.29 is 19.4 Å². The van der Waals surface area contributed by atoms with Gasteiger partial charge in [0.2, 0.25) is 0 Å². The number of ketones is 1. The van der Waals surface area contributed by atoms with Crippen LogP contribution in [0, 0.1) is 0 Å². The third-order valence-corrected chi connectivity index (χ3v) is 2.23. The van der Waals surface area contributed by atoms with Gasteiger partial charge < -0.3 is 9.84 Å². The molecule has 1 aromatic rings. The summed E-state index contributed by atoms with van der Waals surface area (Å²) in [5, 5.41) is 8.41. The van der Waals surface area contributed by atoms with E-state index in [-0.39, 0.29) is 18.6 Å². The average Bonchev–Trinajstić information content (AvgIpc) is 2.33. The van der Waals surface area contributed by atoms with Crippen molar-refractivity contribution in [1.29, 1.82) is 0 Å². The van der Waals surface area contributed by atoms with Crippen LogP contribution in [0.5, 0.6) is 5.75 Å². The van der Waals surface area contributed by atoms with E-state index in [1.807, 2.05) is 30.3 Å². The molecular weight excluding hydrogens is 220 g/mol. The second kappa shape index (κ2) is 7.44. The van der Waals surface area contributed by atoms with E-state index in [4.69, 9.17) is 9.84 Å².